The zero-order valence-corrected chi connectivity index (χ0v) is 9.71. The van der Waals surface area contributed by atoms with Crippen LogP contribution in [0.3, 0.4) is 0 Å². The number of halogens is 2. The van der Waals surface area contributed by atoms with E-state index in [0.29, 0.717) is 30.3 Å². The molecule has 0 radical (unpaired) electrons. The van der Waals surface area contributed by atoms with Crippen LogP contribution in [0.1, 0.15) is 30.9 Å². The average Bonchev–Trinajstić information content (AvgIpc) is 3.14. The van der Waals surface area contributed by atoms with Crippen LogP contribution in [0, 0.1) is 11.6 Å². The second-order valence-corrected chi connectivity index (χ2v) is 4.60. The van der Waals surface area contributed by atoms with Crippen molar-refractivity contribution in [2.45, 2.75) is 32.2 Å². The highest BCUT2D eigenvalue weighted by Crippen LogP contribution is 2.38. The molecule has 0 spiro atoms. The number of hydrogen-bond donors (Lipinski definition) is 0. The predicted molar refractivity (Wildman–Crippen MR) is 63.7 cm³/mol. The average molecular weight is 236 g/mol. The lowest BCUT2D eigenvalue weighted by atomic mass is 10.0. The number of aliphatic imine (C=N–C) groups is 1. The molecule has 1 aromatic rings. The molecule has 2 nitrogen and oxygen atoms in total. The number of anilines is 1. The summed E-state index contributed by atoms with van der Waals surface area (Å²) in [5, 5.41) is 0. The fourth-order valence-electron chi connectivity index (χ4n) is 2.43. The molecule has 17 heavy (non-hydrogen) atoms. The number of nitrogens with zero attached hydrogens (tertiary/aromatic N) is 2. The summed E-state index contributed by atoms with van der Waals surface area (Å²) in [7, 11) is 0. The predicted octanol–water partition coefficient (Wildman–Crippen LogP) is 2.89. The zero-order chi connectivity index (χ0) is 12.0. The molecular formula is C13H14F2N2. The van der Waals surface area contributed by atoms with Crippen molar-refractivity contribution in [3.63, 3.8) is 0 Å². The van der Waals surface area contributed by atoms with E-state index in [-0.39, 0.29) is 0 Å². The molecule has 4 heteroatoms. The smallest absolute Gasteiger partial charge is 0.164 e. The van der Waals surface area contributed by atoms with Crippen LogP contribution in [-0.2, 0) is 6.42 Å². The van der Waals surface area contributed by atoms with Gasteiger partial charge in [0.1, 0.15) is 6.67 Å². The molecule has 0 unspecified atom stereocenters. The third-order valence-corrected chi connectivity index (χ3v) is 3.41. The lowest BCUT2D eigenvalue weighted by Gasteiger charge is -2.30. The Balaban J connectivity index is 2.19. The molecule has 90 valence electrons. The molecule has 1 saturated carbocycles. The van der Waals surface area contributed by atoms with Gasteiger partial charge in [-0.1, -0.05) is 6.92 Å². The second kappa shape index (κ2) is 3.79. The second-order valence-electron chi connectivity index (χ2n) is 4.60. The Labute approximate surface area is 99.0 Å². The normalized spacial score (nSPS) is 18.4. The summed E-state index contributed by atoms with van der Waals surface area (Å²) in [5.74, 6) is -1.48. The lowest BCUT2D eigenvalue weighted by Crippen LogP contribution is -2.31. The van der Waals surface area contributed by atoms with Crippen molar-refractivity contribution in [1.82, 2.24) is 0 Å². The molecule has 0 bridgehead atoms. The van der Waals surface area contributed by atoms with Crippen LogP contribution in [0.2, 0.25) is 0 Å². The van der Waals surface area contributed by atoms with Gasteiger partial charge < -0.3 is 4.90 Å². The number of rotatable bonds is 2. The molecular weight excluding hydrogens is 222 g/mol. The molecule has 1 aliphatic heterocycles. The van der Waals surface area contributed by atoms with Gasteiger partial charge in [-0.25, -0.2) is 8.78 Å². The Hall–Kier alpha value is -1.45. The lowest BCUT2D eigenvalue weighted by molar-refractivity contribution is 0.499. The third-order valence-electron chi connectivity index (χ3n) is 3.41. The van der Waals surface area contributed by atoms with Crippen LogP contribution in [0.5, 0.6) is 0 Å². The van der Waals surface area contributed by atoms with Gasteiger partial charge in [-0.3, -0.25) is 4.99 Å². The fraction of sp³-hybridized carbons (Fsp3) is 0.462. The minimum atomic E-state index is -0.773. The van der Waals surface area contributed by atoms with Gasteiger partial charge in [0.25, 0.3) is 0 Å². The topological polar surface area (TPSA) is 15.6 Å². The van der Waals surface area contributed by atoms with Crippen LogP contribution < -0.4 is 4.90 Å². The first-order valence-corrected chi connectivity index (χ1v) is 5.99. The van der Waals surface area contributed by atoms with E-state index in [0.717, 1.165) is 18.5 Å². The van der Waals surface area contributed by atoms with Crippen LogP contribution >= 0.6 is 0 Å². The van der Waals surface area contributed by atoms with E-state index >= 15 is 0 Å². The maximum atomic E-state index is 13.8. The first kappa shape index (κ1) is 10.7. The Morgan fingerprint density at radius 1 is 1.41 bits per heavy atom. The maximum Gasteiger partial charge on any atom is 0.164 e. The first-order valence-electron chi connectivity index (χ1n) is 5.99. The third kappa shape index (κ3) is 1.63. The van der Waals surface area contributed by atoms with Crippen molar-refractivity contribution in [2.24, 2.45) is 4.99 Å². The van der Waals surface area contributed by atoms with Gasteiger partial charge >= 0.3 is 0 Å². The Bertz CT molecular complexity index is 493. The van der Waals surface area contributed by atoms with Gasteiger partial charge in [-0.15, -0.1) is 0 Å². The standard InChI is InChI=1S/C13H14F2N2/c1-2-10-12(15)11(14)5-8-6-16-7-17(13(8)10)9-3-4-9/h5-6,9H,2-4,7H2,1H3. The molecule has 0 atom stereocenters. The monoisotopic (exact) mass is 236 g/mol. The van der Waals surface area contributed by atoms with Gasteiger partial charge in [-0.05, 0) is 25.3 Å². The Morgan fingerprint density at radius 3 is 2.82 bits per heavy atom. The van der Waals surface area contributed by atoms with E-state index in [1.807, 2.05) is 6.92 Å². The number of fused-ring (bicyclic) bond motifs is 1. The van der Waals surface area contributed by atoms with E-state index in [4.69, 9.17) is 0 Å². The molecule has 0 aromatic heterocycles. The van der Waals surface area contributed by atoms with E-state index in [1.165, 1.54) is 6.07 Å². The fourth-order valence-corrected chi connectivity index (χ4v) is 2.43. The van der Waals surface area contributed by atoms with Crippen LogP contribution in [0.15, 0.2) is 11.1 Å². The summed E-state index contributed by atoms with van der Waals surface area (Å²) in [6.07, 6.45) is 4.40. The van der Waals surface area contributed by atoms with E-state index in [2.05, 4.69) is 9.89 Å². The molecule has 1 aliphatic carbocycles. The van der Waals surface area contributed by atoms with E-state index < -0.39 is 11.6 Å². The molecule has 0 amide bonds. The van der Waals surface area contributed by atoms with Gasteiger partial charge in [0.05, 0.1) is 5.69 Å². The van der Waals surface area contributed by atoms with Crippen molar-refractivity contribution in [3.05, 3.63) is 28.8 Å². The first-order chi connectivity index (χ1) is 8.22. The summed E-state index contributed by atoms with van der Waals surface area (Å²) in [5.41, 5.74) is 2.04. The zero-order valence-electron chi connectivity index (χ0n) is 9.71. The molecule has 2 aliphatic rings. The summed E-state index contributed by atoms with van der Waals surface area (Å²) in [4.78, 5) is 6.33. The van der Waals surface area contributed by atoms with Gasteiger partial charge in [0, 0.05) is 23.4 Å². The molecule has 0 saturated heterocycles. The van der Waals surface area contributed by atoms with Crippen molar-refractivity contribution >= 4 is 11.9 Å². The highest BCUT2D eigenvalue weighted by Gasteiger charge is 2.33. The van der Waals surface area contributed by atoms with Crippen molar-refractivity contribution in [2.75, 3.05) is 11.6 Å². The van der Waals surface area contributed by atoms with Crippen molar-refractivity contribution in [1.29, 1.82) is 0 Å². The minimum absolute atomic E-state index is 0.460. The summed E-state index contributed by atoms with van der Waals surface area (Å²) < 4.78 is 27.2. The quantitative estimate of drug-likeness (QED) is 0.771. The minimum Gasteiger partial charge on any atom is -0.348 e. The highest BCUT2D eigenvalue weighted by molar-refractivity contribution is 5.91. The van der Waals surface area contributed by atoms with Crippen LogP contribution in [-0.4, -0.2) is 18.9 Å². The van der Waals surface area contributed by atoms with E-state index in [9.17, 15) is 8.78 Å². The number of hydrogen-bond acceptors (Lipinski definition) is 2. The summed E-state index contributed by atoms with van der Waals surface area (Å²) >= 11 is 0. The molecule has 3 rings (SSSR count). The summed E-state index contributed by atoms with van der Waals surface area (Å²) in [6, 6.07) is 1.71. The van der Waals surface area contributed by atoms with E-state index in [1.54, 1.807) is 6.21 Å². The molecule has 1 aromatic carbocycles. The Kier molecular flexibility index (Phi) is 2.38. The SMILES string of the molecule is CCc1c(F)c(F)cc2c1N(C1CC1)CN=C2. The Morgan fingerprint density at radius 2 is 2.18 bits per heavy atom. The van der Waals surface area contributed by atoms with Gasteiger partial charge in [-0.2, -0.15) is 0 Å². The summed E-state index contributed by atoms with van der Waals surface area (Å²) in [6.45, 7) is 2.42. The molecule has 1 heterocycles. The largest absolute Gasteiger partial charge is 0.348 e. The van der Waals surface area contributed by atoms with Crippen LogP contribution in [0.4, 0.5) is 14.5 Å². The highest BCUT2D eigenvalue weighted by atomic mass is 19.2. The van der Waals surface area contributed by atoms with Crippen LogP contribution in [0.25, 0.3) is 0 Å². The molecule has 0 N–H and O–H groups in total. The van der Waals surface area contributed by atoms with Gasteiger partial charge in [0.2, 0.25) is 0 Å². The van der Waals surface area contributed by atoms with Gasteiger partial charge in [0.15, 0.2) is 11.6 Å². The molecule has 1 fully saturated rings. The maximum absolute atomic E-state index is 13.8. The van der Waals surface area contributed by atoms with Crippen molar-refractivity contribution < 1.29 is 8.78 Å². The van der Waals surface area contributed by atoms with Crippen molar-refractivity contribution in [3.8, 4) is 0 Å². The number of benzene rings is 1.